The second kappa shape index (κ2) is 6.03. The summed E-state index contributed by atoms with van der Waals surface area (Å²) in [6.45, 7) is 0.541. The molecular formula is C12H16FN3O3. The summed E-state index contributed by atoms with van der Waals surface area (Å²) >= 11 is 0. The number of ether oxygens (including phenoxy) is 1. The van der Waals surface area contributed by atoms with Gasteiger partial charge in [-0.3, -0.25) is 10.1 Å². The van der Waals surface area contributed by atoms with E-state index in [-0.39, 0.29) is 11.0 Å². The van der Waals surface area contributed by atoms with Crippen molar-refractivity contribution >= 4 is 0 Å². The highest BCUT2D eigenvalue weighted by atomic mass is 19.1. The summed E-state index contributed by atoms with van der Waals surface area (Å²) in [6, 6.07) is 1.64. The number of methoxy groups -OCH3 is 1. The van der Waals surface area contributed by atoms with Gasteiger partial charge in [0.2, 0.25) is 12.0 Å². The summed E-state index contributed by atoms with van der Waals surface area (Å²) < 4.78 is 18.1. The van der Waals surface area contributed by atoms with E-state index in [4.69, 9.17) is 4.74 Å². The molecular weight excluding hydrogens is 253 g/mol. The van der Waals surface area contributed by atoms with Gasteiger partial charge in [0.05, 0.1) is 0 Å². The maximum absolute atomic E-state index is 13.1. The highest BCUT2D eigenvalue weighted by Gasteiger charge is 2.42. The Bertz CT molecular complexity index is 458. The SMILES string of the molecule is COCC[C@@H]1C[C@@H]([N+](=O)[O-])[C@H](c2ccnc(F)c2)N1. The number of aromatic nitrogens is 1. The van der Waals surface area contributed by atoms with Crippen LogP contribution in [-0.4, -0.2) is 35.7 Å². The van der Waals surface area contributed by atoms with Crippen LogP contribution in [0.3, 0.4) is 0 Å². The summed E-state index contributed by atoms with van der Waals surface area (Å²) in [4.78, 5) is 14.3. The van der Waals surface area contributed by atoms with Crippen molar-refractivity contribution in [2.45, 2.75) is 31.0 Å². The van der Waals surface area contributed by atoms with Gasteiger partial charge in [0, 0.05) is 37.3 Å². The molecule has 2 rings (SSSR count). The molecule has 3 atom stereocenters. The van der Waals surface area contributed by atoms with Crippen molar-refractivity contribution in [2.24, 2.45) is 0 Å². The Labute approximate surface area is 110 Å². The molecule has 0 radical (unpaired) electrons. The van der Waals surface area contributed by atoms with Gasteiger partial charge < -0.3 is 10.1 Å². The Balaban J connectivity index is 2.15. The lowest BCUT2D eigenvalue weighted by Gasteiger charge is -2.14. The summed E-state index contributed by atoms with van der Waals surface area (Å²) in [5.74, 6) is -0.623. The molecule has 1 aliphatic rings. The molecule has 6 nitrogen and oxygen atoms in total. The van der Waals surface area contributed by atoms with Crippen LogP contribution in [0.2, 0.25) is 0 Å². The predicted octanol–water partition coefficient (Wildman–Crippen LogP) is 1.31. The van der Waals surface area contributed by atoms with Crippen LogP contribution in [0.1, 0.15) is 24.4 Å². The van der Waals surface area contributed by atoms with Gasteiger partial charge in [0.15, 0.2) is 0 Å². The molecule has 0 bridgehead atoms. The first kappa shape index (κ1) is 13.8. The van der Waals surface area contributed by atoms with Crippen LogP contribution >= 0.6 is 0 Å². The Morgan fingerprint density at radius 1 is 1.68 bits per heavy atom. The van der Waals surface area contributed by atoms with E-state index in [1.54, 1.807) is 13.2 Å². The third-order valence-electron chi connectivity index (χ3n) is 3.38. The van der Waals surface area contributed by atoms with Crippen LogP contribution in [0, 0.1) is 16.1 Å². The molecule has 0 unspecified atom stereocenters. The Morgan fingerprint density at radius 3 is 3.11 bits per heavy atom. The summed E-state index contributed by atoms with van der Waals surface area (Å²) in [7, 11) is 1.59. The quantitative estimate of drug-likeness (QED) is 0.495. The zero-order chi connectivity index (χ0) is 13.8. The van der Waals surface area contributed by atoms with Gasteiger partial charge in [0.1, 0.15) is 6.04 Å². The van der Waals surface area contributed by atoms with Crippen LogP contribution in [0.4, 0.5) is 4.39 Å². The molecule has 104 valence electrons. The van der Waals surface area contributed by atoms with E-state index in [0.717, 1.165) is 0 Å². The summed E-state index contributed by atoms with van der Waals surface area (Å²) in [5, 5.41) is 14.3. The minimum atomic E-state index is -0.747. The van der Waals surface area contributed by atoms with E-state index in [1.165, 1.54) is 12.3 Å². The Hall–Kier alpha value is -1.60. The van der Waals surface area contributed by atoms with Crippen LogP contribution < -0.4 is 5.32 Å². The summed E-state index contributed by atoms with van der Waals surface area (Å²) in [5.41, 5.74) is 0.564. The number of halogens is 1. The largest absolute Gasteiger partial charge is 0.385 e. The van der Waals surface area contributed by atoms with Gasteiger partial charge in [-0.25, -0.2) is 4.98 Å². The molecule has 1 aliphatic heterocycles. The van der Waals surface area contributed by atoms with Crippen LogP contribution in [-0.2, 0) is 4.74 Å². The highest BCUT2D eigenvalue weighted by molar-refractivity contribution is 5.19. The van der Waals surface area contributed by atoms with Gasteiger partial charge in [-0.2, -0.15) is 4.39 Å². The number of pyridine rings is 1. The van der Waals surface area contributed by atoms with Gasteiger partial charge in [-0.05, 0) is 24.1 Å². The second-order valence-corrected chi connectivity index (χ2v) is 4.62. The monoisotopic (exact) mass is 269 g/mol. The molecule has 0 spiro atoms. The molecule has 19 heavy (non-hydrogen) atoms. The van der Waals surface area contributed by atoms with E-state index in [0.29, 0.717) is 25.0 Å². The molecule has 1 aromatic heterocycles. The number of rotatable bonds is 5. The van der Waals surface area contributed by atoms with Gasteiger partial charge in [-0.15, -0.1) is 0 Å². The van der Waals surface area contributed by atoms with Crippen molar-refractivity contribution in [3.8, 4) is 0 Å². The number of hydrogen-bond acceptors (Lipinski definition) is 5. The number of nitro groups is 1. The van der Waals surface area contributed by atoms with E-state index in [1.807, 2.05) is 0 Å². The molecule has 0 aromatic carbocycles. The fraction of sp³-hybridized carbons (Fsp3) is 0.583. The third kappa shape index (κ3) is 3.24. The lowest BCUT2D eigenvalue weighted by Crippen LogP contribution is -2.29. The van der Waals surface area contributed by atoms with E-state index in [2.05, 4.69) is 10.3 Å². The van der Waals surface area contributed by atoms with Gasteiger partial charge in [-0.1, -0.05) is 0 Å². The molecule has 7 heteroatoms. The lowest BCUT2D eigenvalue weighted by atomic mass is 10.0. The Morgan fingerprint density at radius 2 is 2.47 bits per heavy atom. The number of hydrogen-bond donors (Lipinski definition) is 1. The van der Waals surface area contributed by atoms with Crippen molar-refractivity contribution in [1.82, 2.24) is 10.3 Å². The smallest absolute Gasteiger partial charge is 0.233 e. The molecule has 0 amide bonds. The van der Waals surface area contributed by atoms with Crippen LogP contribution in [0.5, 0.6) is 0 Å². The highest BCUT2D eigenvalue weighted by Crippen LogP contribution is 2.30. The third-order valence-corrected chi connectivity index (χ3v) is 3.38. The lowest BCUT2D eigenvalue weighted by molar-refractivity contribution is -0.524. The Kier molecular flexibility index (Phi) is 4.39. The minimum absolute atomic E-state index is 0.0107. The summed E-state index contributed by atoms with van der Waals surface area (Å²) in [6.07, 6.45) is 2.45. The first-order valence-electron chi connectivity index (χ1n) is 6.11. The molecule has 1 aromatic rings. The maximum atomic E-state index is 13.1. The number of nitrogens with zero attached hydrogens (tertiary/aromatic N) is 2. The van der Waals surface area contributed by atoms with Gasteiger partial charge >= 0.3 is 0 Å². The van der Waals surface area contributed by atoms with Crippen molar-refractivity contribution < 1.29 is 14.1 Å². The minimum Gasteiger partial charge on any atom is -0.385 e. The fourth-order valence-corrected chi connectivity index (χ4v) is 2.46. The molecule has 1 N–H and O–H groups in total. The first-order valence-corrected chi connectivity index (χ1v) is 6.11. The molecule has 1 fully saturated rings. The standard InChI is InChI=1S/C12H16FN3O3/c1-19-5-3-9-7-10(16(17)18)12(15-9)8-2-4-14-11(13)6-8/h2,4,6,9-10,12,15H,3,5,7H2,1H3/t9-,10-,12+/m1/s1. The first-order chi connectivity index (χ1) is 9.11. The molecule has 0 saturated carbocycles. The molecule has 0 aliphatic carbocycles. The topological polar surface area (TPSA) is 77.3 Å². The molecule has 1 saturated heterocycles. The van der Waals surface area contributed by atoms with E-state index in [9.17, 15) is 14.5 Å². The maximum Gasteiger partial charge on any atom is 0.233 e. The van der Waals surface area contributed by atoms with Crippen LogP contribution in [0.25, 0.3) is 0 Å². The zero-order valence-electron chi connectivity index (χ0n) is 10.6. The zero-order valence-corrected chi connectivity index (χ0v) is 10.6. The van der Waals surface area contributed by atoms with E-state index >= 15 is 0 Å². The fourth-order valence-electron chi connectivity index (χ4n) is 2.46. The van der Waals surface area contributed by atoms with Crippen LogP contribution in [0.15, 0.2) is 18.3 Å². The van der Waals surface area contributed by atoms with Crippen molar-refractivity contribution in [1.29, 1.82) is 0 Å². The van der Waals surface area contributed by atoms with Crippen molar-refractivity contribution in [2.75, 3.05) is 13.7 Å². The van der Waals surface area contributed by atoms with Crippen molar-refractivity contribution in [3.63, 3.8) is 0 Å². The molecule has 2 heterocycles. The average Bonchev–Trinajstić information content (AvgIpc) is 2.80. The predicted molar refractivity (Wildman–Crippen MR) is 65.8 cm³/mol. The number of nitrogens with one attached hydrogen (secondary N) is 1. The van der Waals surface area contributed by atoms with Gasteiger partial charge in [0.25, 0.3) is 0 Å². The van der Waals surface area contributed by atoms with Crippen molar-refractivity contribution in [3.05, 3.63) is 40.0 Å². The van der Waals surface area contributed by atoms with E-state index < -0.39 is 18.0 Å². The average molecular weight is 269 g/mol. The normalized spacial score (nSPS) is 26.5. The second-order valence-electron chi connectivity index (χ2n) is 4.62.